The topological polar surface area (TPSA) is 66.6 Å². The number of aliphatic carboxylic acids is 1. The second kappa shape index (κ2) is 6.41. The summed E-state index contributed by atoms with van der Waals surface area (Å²) in [6.07, 6.45) is -4.53. The first-order chi connectivity index (χ1) is 10.7. The summed E-state index contributed by atoms with van der Waals surface area (Å²) < 4.78 is 43.4. The Hall–Kier alpha value is -2.35. The molecule has 0 unspecified atom stereocenters. The molecular formula is C15H15F3N2O3. The molecule has 0 fully saturated rings. The van der Waals surface area contributed by atoms with Crippen LogP contribution in [-0.4, -0.2) is 28.2 Å². The molecule has 1 aromatic carbocycles. The van der Waals surface area contributed by atoms with Crippen molar-refractivity contribution in [2.24, 2.45) is 0 Å². The van der Waals surface area contributed by atoms with Gasteiger partial charge in [-0.3, -0.25) is 9.69 Å². The second-order valence-corrected chi connectivity index (χ2v) is 5.21. The van der Waals surface area contributed by atoms with E-state index in [1.54, 1.807) is 13.0 Å². The number of carboxylic acids is 1. The van der Waals surface area contributed by atoms with Crippen molar-refractivity contribution in [3.63, 3.8) is 0 Å². The first kappa shape index (κ1) is 17.0. The molecule has 0 saturated carbocycles. The maximum absolute atomic E-state index is 12.8. The van der Waals surface area contributed by atoms with Crippen molar-refractivity contribution >= 4 is 5.97 Å². The van der Waals surface area contributed by atoms with E-state index in [0.29, 0.717) is 11.5 Å². The Balaban J connectivity index is 2.29. The predicted octanol–water partition coefficient (Wildman–Crippen LogP) is 3.26. The van der Waals surface area contributed by atoms with Crippen LogP contribution in [0.15, 0.2) is 34.9 Å². The molecule has 0 saturated heterocycles. The molecule has 1 heterocycles. The number of likely N-dealkylation sites (N-methyl/N-ethyl adjacent to an activating group) is 1. The van der Waals surface area contributed by atoms with Gasteiger partial charge in [-0.15, -0.1) is 0 Å². The Morgan fingerprint density at radius 2 is 2.09 bits per heavy atom. The third-order valence-electron chi connectivity index (χ3n) is 3.29. The van der Waals surface area contributed by atoms with Crippen LogP contribution in [0.2, 0.25) is 0 Å². The predicted molar refractivity (Wildman–Crippen MR) is 74.5 cm³/mol. The second-order valence-electron chi connectivity index (χ2n) is 5.21. The highest BCUT2D eigenvalue weighted by molar-refractivity contribution is 5.75. The zero-order chi connectivity index (χ0) is 17.2. The lowest BCUT2D eigenvalue weighted by Crippen LogP contribution is -2.30. The number of carboxylic acid groups (broad SMARTS) is 1. The van der Waals surface area contributed by atoms with E-state index in [0.717, 1.165) is 12.1 Å². The Morgan fingerprint density at radius 1 is 1.39 bits per heavy atom. The van der Waals surface area contributed by atoms with Crippen LogP contribution >= 0.6 is 0 Å². The zero-order valence-electron chi connectivity index (χ0n) is 12.5. The van der Waals surface area contributed by atoms with Crippen LogP contribution in [0.3, 0.4) is 0 Å². The summed E-state index contributed by atoms with van der Waals surface area (Å²) in [5.41, 5.74) is -0.199. The van der Waals surface area contributed by atoms with E-state index < -0.39 is 23.8 Å². The molecule has 0 bridgehead atoms. The largest absolute Gasteiger partial charge is 0.480 e. The Morgan fingerprint density at radius 3 is 2.61 bits per heavy atom. The van der Waals surface area contributed by atoms with Gasteiger partial charge >= 0.3 is 12.1 Å². The van der Waals surface area contributed by atoms with Gasteiger partial charge in [0.15, 0.2) is 5.76 Å². The molecule has 5 nitrogen and oxygen atoms in total. The molecular weight excluding hydrogens is 313 g/mol. The van der Waals surface area contributed by atoms with E-state index in [4.69, 9.17) is 4.52 Å². The normalized spacial score (nSPS) is 13.3. The number of rotatable bonds is 5. The Kier molecular flexibility index (Phi) is 4.74. The molecule has 0 aliphatic carbocycles. The van der Waals surface area contributed by atoms with Gasteiger partial charge in [0.2, 0.25) is 0 Å². The van der Waals surface area contributed by atoms with Crippen molar-refractivity contribution in [1.29, 1.82) is 0 Å². The monoisotopic (exact) mass is 328 g/mol. The molecule has 0 aliphatic rings. The molecule has 2 rings (SSSR count). The van der Waals surface area contributed by atoms with E-state index in [2.05, 4.69) is 5.16 Å². The van der Waals surface area contributed by atoms with E-state index in [9.17, 15) is 23.1 Å². The minimum Gasteiger partial charge on any atom is -0.480 e. The SMILES string of the molecule is Cc1cc(CN(C)[C@@H](C(=O)O)c2cccc(C(F)(F)F)c2)on1. The lowest BCUT2D eigenvalue weighted by molar-refractivity contribution is -0.144. The summed E-state index contributed by atoms with van der Waals surface area (Å²) >= 11 is 0. The number of alkyl halides is 3. The Bertz CT molecular complexity index is 697. The number of aromatic nitrogens is 1. The number of nitrogens with zero attached hydrogens (tertiary/aromatic N) is 2. The first-order valence-corrected chi connectivity index (χ1v) is 6.71. The lowest BCUT2D eigenvalue weighted by atomic mass is 10.0. The molecule has 8 heteroatoms. The van der Waals surface area contributed by atoms with Gasteiger partial charge in [0.25, 0.3) is 0 Å². The standard InChI is InChI=1S/C15H15F3N2O3/c1-9-6-12(23-19-9)8-20(2)13(14(21)22)10-4-3-5-11(7-10)15(16,17)18/h3-7,13H,8H2,1-2H3,(H,21,22)/t13-/m1/s1. The van der Waals surface area contributed by atoms with Crippen molar-refractivity contribution in [3.8, 4) is 0 Å². The summed E-state index contributed by atoms with van der Waals surface area (Å²) in [5.74, 6) is -0.814. The van der Waals surface area contributed by atoms with Crippen LogP contribution in [0, 0.1) is 6.92 Å². The average molecular weight is 328 g/mol. The van der Waals surface area contributed by atoms with Crippen LogP contribution in [0.5, 0.6) is 0 Å². The highest BCUT2D eigenvalue weighted by atomic mass is 19.4. The molecule has 0 aliphatic heterocycles. The molecule has 1 atom stereocenters. The summed E-state index contributed by atoms with van der Waals surface area (Å²) in [6.45, 7) is 1.82. The molecule has 124 valence electrons. The Labute approximate surface area is 130 Å². The number of carbonyl (C=O) groups is 1. The van der Waals surface area contributed by atoms with Crippen LogP contribution in [0.1, 0.15) is 28.6 Å². The van der Waals surface area contributed by atoms with Crippen LogP contribution < -0.4 is 0 Å². The van der Waals surface area contributed by atoms with Gasteiger partial charge in [0, 0.05) is 6.07 Å². The molecule has 0 amide bonds. The highest BCUT2D eigenvalue weighted by Crippen LogP contribution is 2.32. The minimum atomic E-state index is -4.53. The number of hydrogen-bond acceptors (Lipinski definition) is 4. The molecule has 23 heavy (non-hydrogen) atoms. The molecule has 2 aromatic rings. The smallest absolute Gasteiger partial charge is 0.416 e. The third kappa shape index (κ3) is 4.10. The summed E-state index contributed by atoms with van der Waals surface area (Å²) in [4.78, 5) is 12.9. The molecule has 0 spiro atoms. The highest BCUT2D eigenvalue weighted by Gasteiger charge is 2.33. The molecule has 1 aromatic heterocycles. The van der Waals surface area contributed by atoms with Gasteiger partial charge in [-0.25, -0.2) is 0 Å². The van der Waals surface area contributed by atoms with Gasteiger partial charge in [0.1, 0.15) is 6.04 Å². The third-order valence-corrected chi connectivity index (χ3v) is 3.29. The van der Waals surface area contributed by atoms with E-state index >= 15 is 0 Å². The van der Waals surface area contributed by atoms with Gasteiger partial charge in [-0.2, -0.15) is 13.2 Å². The number of aryl methyl sites for hydroxylation is 1. The van der Waals surface area contributed by atoms with Gasteiger partial charge < -0.3 is 9.63 Å². The summed E-state index contributed by atoms with van der Waals surface area (Å²) in [6, 6.07) is 4.71. The number of halogens is 3. The van der Waals surface area contributed by atoms with Crippen LogP contribution in [-0.2, 0) is 17.5 Å². The van der Waals surface area contributed by atoms with Crippen molar-refractivity contribution in [2.45, 2.75) is 25.7 Å². The summed E-state index contributed by atoms with van der Waals surface area (Å²) in [7, 11) is 1.50. The lowest BCUT2D eigenvalue weighted by Gasteiger charge is -2.24. The molecule has 0 radical (unpaired) electrons. The number of hydrogen-bond donors (Lipinski definition) is 1. The number of benzene rings is 1. The minimum absolute atomic E-state index is 0.0473. The maximum Gasteiger partial charge on any atom is 0.416 e. The van der Waals surface area contributed by atoms with Gasteiger partial charge in [-0.05, 0) is 31.7 Å². The maximum atomic E-state index is 12.8. The van der Waals surface area contributed by atoms with Crippen molar-refractivity contribution in [2.75, 3.05) is 7.05 Å². The fraction of sp³-hybridized carbons (Fsp3) is 0.333. The fourth-order valence-electron chi connectivity index (χ4n) is 2.30. The molecule has 1 N–H and O–H groups in total. The van der Waals surface area contributed by atoms with Crippen molar-refractivity contribution in [3.05, 3.63) is 52.9 Å². The van der Waals surface area contributed by atoms with Crippen LogP contribution in [0.25, 0.3) is 0 Å². The zero-order valence-corrected chi connectivity index (χ0v) is 12.5. The summed E-state index contributed by atoms with van der Waals surface area (Å²) in [5, 5.41) is 13.1. The fourth-order valence-corrected chi connectivity index (χ4v) is 2.30. The van der Waals surface area contributed by atoms with Gasteiger partial charge in [-0.1, -0.05) is 17.3 Å². The average Bonchev–Trinajstić information content (AvgIpc) is 2.83. The van der Waals surface area contributed by atoms with Crippen LogP contribution in [0.4, 0.5) is 13.2 Å². The van der Waals surface area contributed by atoms with E-state index in [1.165, 1.54) is 24.1 Å². The van der Waals surface area contributed by atoms with Crippen molar-refractivity contribution in [1.82, 2.24) is 10.1 Å². The first-order valence-electron chi connectivity index (χ1n) is 6.71. The van der Waals surface area contributed by atoms with E-state index in [1.807, 2.05) is 0 Å². The van der Waals surface area contributed by atoms with E-state index in [-0.39, 0.29) is 12.1 Å². The van der Waals surface area contributed by atoms with Gasteiger partial charge in [0.05, 0.1) is 17.8 Å². The quantitative estimate of drug-likeness (QED) is 0.912. The van der Waals surface area contributed by atoms with Crippen molar-refractivity contribution < 1.29 is 27.6 Å².